The van der Waals surface area contributed by atoms with Gasteiger partial charge in [-0.3, -0.25) is 9.59 Å². The number of fused-ring (bicyclic) bond motifs is 1. The second kappa shape index (κ2) is 12.5. The van der Waals surface area contributed by atoms with Crippen molar-refractivity contribution in [2.45, 2.75) is 71.4 Å². The van der Waals surface area contributed by atoms with Gasteiger partial charge in [-0.15, -0.1) is 0 Å². The fourth-order valence-corrected chi connectivity index (χ4v) is 4.40. The molecule has 0 spiro atoms. The van der Waals surface area contributed by atoms with Crippen molar-refractivity contribution in [1.82, 2.24) is 25.2 Å². The molecule has 3 aromatic rings. The van der Waals surface area contributed by atoms with Gasteiger partial charge in [-0.25, -0.2) is 4.98 Å². The fraction of sp³-hybridized carbons (Fsp3) is 0.519. The predicted molar refractivity (Wildman–Crippen MR) is 139 cm³/mol. The summed E-state index contributed by atoms with van der Waals surface area (Å²) in [5, 5.41) is 4.21. The van der Waals surface area contributed by atoms with Crippen molar-refractivity contribution in [2.24, 2.45) is 0 Å². The lowest BCUT2D eigenvalue weighted by Gasteiger charge is -2.17. The Bertz CT molecular complexity index is 1130. The Balaban J connectivity index is 1.70. The maximum absolute atomic E-state index is 13.2. The van der Waals surface area contributed by atoms with E-state index in [4.69, 9.17) is 4.74 Å². The highest BCUT2D eigenvalue weighted by atomic mass is 16.5. The van der Waals surface area contributed by atoms with E-state index in [1.165, 1.54) is 0 Å². The smallest absolute Gasteiger partial charge is 0.225 e. The molecular weight excluding hydrogens is 442 g/mol. The van der Waals surface area contributed by atoms with Gasteiger partial charge in [-0.2, -0.15) is 0 Å². The molecule has 2 heterocycles. The Morgan fingerprint density at radius 1 is 1.17 bits per heavy atom. The lowest BCUT2D eigenvalue weighted by molar-refractivity contribution is -0.121. The standard InChI is InChI=1S/C27H39N5O3/c1-6-20(33)10-8-7-9-11-25(27-28-16-19(30-27)17-32(3)4)31-26(34)15-22-18(2)29-24-13-12-21(35-5)14-23(22)24/h12-14,16,25,29H,6-11,15,17H2,1-5H3,(H,28,30)(H,31,34). The molecular formula is C27H39N5O3. The molecule has 0 aliphatic heterocycles. The summed E-state index contributed by atoms with van der Waals surface area (Å²) < 4.78 is 5.38. The zero-order valence-corrected chi connectivity index (χ0v) is 21.7. The molecule has 0 bridgehead atoms. The zero-order valence-electron chi connectivity index (χ0n) is 21.7. The van der Waals surface area contributed by atoms with Gasteiger partial charge >= 0.3 is 0 Å². The van der Waals surface area contributed by atoms with Crippen molar-refractivity contribution in [1.29, 1.82) is 0 Å². The molecule has 8 heteroatoms. The van der Waals surface area contributed by atoms with Crippen LogP contribution in [0.2, 0.25) is 0 Å². The molecule has 35 heavy (non-hydrogen) atoms. The van der Waals surface area contributed by atoms with E-state index in [2.05, 4.69) is 25.2 Å². The van der Waals surface area contributed by atoms with Gasteiger partial charge in [0.25, 0.3) is 0 Å². The van der Waals surface area contributed by atoms with Gasteiger partial charge in [0.2, 0.25) is 5.91 Å². The van der Waals surface area contributed by atoms with Crippen molar-refractivity contribution in [3.63, 3.8) is 0 Å². The number of unbranched alkanes of at least 4 members (excludes halogenated alkanes) is 2. The maximum Gasteiger partial charge on any atom is 0.225 e. The number of nitrogens with one attached hydrogen (secondary N) is 3. The molecule has 1 unspecified atom stereocenters. The highest BCUT2D eigenvalue weighted by molar-refractivity contribution is 5.91. The van der Waals surface area contributed by atoms with Crippen LogP contribution >= 0.6 is 0 Å². The Labute approximate surface area is 207 Å². The van der Waals surface area contributed by atoms with E-state index in [9.17, 15) is 9.59 Å². The van der Waals surface area contributed by atoms with Crippen LogP contribution in [0.15, 0.2) is 24.4 Å². The third kappa shape index (κ3) is 7.42. The van der Waals surface area contributed by atoms with Gasteiger partial charge in [0.05, 0.1) is 19.6 Å². The number of rotatable bonds is 14. The van der Waals surface area contributed by atoms with Crippen LogP contribution in [0.25, 0.3) is 10.9 Å². The van der Waals surface area contributed by atoms with Crippen LogP contribution in [0.1, 0.15) is 74.3 Å². The Kier molecular flexibility index (Phi) is 9.48. The van der Waals surface area contributed by atoms with E-state index in [-0.39, 0.29) is 18.4 Å². The summed E-state index contributed by atoms with van der Waals surface area (Å²) in [6.07, 6.45) is 6.84. The number of carbonyl (C=O) groups is 2. The summed E-state index contributed by atoms with van der Waals surface area (Å²) >= 11 is 0. The number of imidazole rings is 1. The van der Waals surface area contributed by atoms with Gasteiger partial charge in [-0.05, 0) is 57.6 Å². The van der Waals surface area contributed by atoms with Crippen LogP contribution in [-0.2, 0) is 22.6 Å². The molecule has 190 valence electrons. The first-order chi connectivity index (χ1) is 16.8. The number of nitrogens with zero attached hydrogens (tertiary/aromatic N) is 2. The molecule has 2 aromatic heterocycles. The average Bonchev–Trinajstić information content (AvgIpc) is 3.41. The number of methoxy groups -OCH3 is 1. The number of hydrogen-bond acceptors (Lipinski definition) is 5. The molecule has 0 saturated heterocycles. The molecule has 1 amide bonds. The Morgan fingerprint density at radius 3 is 2.69 bits per heavy atom. The van der Waals surface area contributed by atoms with Crippen LogP contribution in [0.4, 0.5) is 0 Å². The number of ether oxygens (including phenoxy) is 1. The lowest BCUT2D eigenvalue weighted by atomic mass is 10.0. The average molecular weight is 482 g/mol. The molecule has 0 aliphatic rings. The van der Waals surface area contributed by atoms with Crippen LogP contribution in [0.5, 0.6) is 5.75 Å². The van der Waals surface area contributed by atoms with E-state index in [1.807, 2.05) is 52.3 Å². The number of H-pyrrole nitrogens is 2. The number of hydrogen-bond donors (Lipinski definition) is 3. The Hall–Kier alpha value is -3.13. The van der Waals surface area contributed by atoms with E-state index in [0.29, 0.717) is 18.6 Å². The molecule has 1 atom stereocenters. The highest BCUT2D eigenvalue weighted by Crippen LogP contribution is 2.27. The van der Waals surface area contributed by atoms with Gasteiger partial charge < -0.3 is 24.9 Å². The fourth-order valence-electron chi connectivity index (χ4n) is 4.40. The number of amides is 1. The number of aromatic amines is 2. The number of carbonyl (C=O) groups excluding carboxylic acids is 2. The number of aryl methyl sites for hydroxylation is 1. The largest absolute Gasteiger partial charge is 0.497 e. The van der Waals surface area contributed by atoms with Crippen LogP contribution in [0, 0.1) is 6.92 Å². The molecule has 3 rings (SSSR count). The topological polar surface area (TPSA) is 103 Å². The number of ketones is 1. The normalized spacial score (nSPS) is 12.3. The Morgan fingerprint density at radius 2 is 1.97 bits per heavy atom. The number of benzene rings is 1. The van der Waals surface area contributed by atoms with Crippen molar-refractivity contribution >= 4 is 22.6 Å². The minimum atomic E-state index is -0.208. The molecule has 1 aromatic carbocycles. The highest BCUT2D eigenvalue weighted by Gasteiger charge is 2.20. The summed E-state index contributed by atoms with van der Waals surface area (Å²) in [7, 11) is 5.66. The molecule has 0 saturated carbocycles. The quantitative estimate of drug-likeness (QED) is 0.292. The van der Waals surface area contributed by atoms with Gasteiger partial charge in [0.15, 0.2) is 0 Å². The second-order valence-corrected chi connectivity index (χ2v) is 9.46. The summed E-state index contributed by atoms with van der Waals surface area (Å²) in [6.45, 7) is 4.65. The third-order valence-electron chi connectivity index (χ3n) is 6.31. The van der Waals surface area contributed by atoms with Crippen LogP contribution in [-0.4, -0.2) is 52.7 Å². The zero-order chi connectivity index (χ0) is 25.4. The van der Waals surface area contributed by atoms with Crippen LogP contribution < -0.4 is 10.1 Å². The number of aromatic nitrogens is 3. The number of Topliss-reactive ketones (excluding diaryl/α,β-unsaturated/α-hetero) is 1. The van der Waals surface area contributed by atoms with Crippen LogP contribution in [0.3, 0.4) is 0 Å². The molecule has 3 N–H and O–H groups in total. The first-order valence-corrected chi connectivity index (χ1v) is 12.5. The maximum atomic E-state index is 13.2. The lowest BCUT2D eigenvalue weighted by Crippen LogP contribution is -2.30. The minimum Gasteiger partial charge on any atom is -0.497 e. The molecule has 8 nitrogen and oxygen atoms in total. The van der Waals surface area contributed by atoms with E-state index in [0.717, 1.165) is 71.7 Å². The minimum absolute atomic E-state index is 0.0476. The monoisotopic (exact) mass is 481 g/mol. The SMILES string of the molecule is CCC(=O)CCCCCC(NC(=O)Cc1c(C)[nH]c2ccc(OC)cc12)c1ncc(CN(C)C)[nH]1. The van der Waals surface area contributed by atoms with E-state index >= 15 is 0 Å². The summed E-state index contributed by atoms with van der Waals surface area (Å²) in [5.41, 5.74) is 3.95. The second-order valence-electron chi connectivity index (χ2n) is 9.46. The van der Waals surface area contributed by atoms with Gasteiger partial charge in [0, 0.05) is 47.9 Å². The van der Waals surface area contributed by atoms with E-state index in [1.54, 1.807) is 7.11 Å². The molecule has 0 radical (unpaired) electrons. The molecule has 0 fully saturated rings. The predicted octanol–water partition coefficient (Wildman–Crippen LogP) is 4.60. The third-order valence-corrected chi connectivity index (χ3v) is 6.31. The van der Waals surface area contributed by atoms with Crippen molar-refractivity contribution in [3.05, 3.63) is 47.2 Å². The molecule has 0 aliphatic carbocycles. The van der Waals surface area contributed by atoms with Gasteiger partial charge in [-0.1, -0.05) is 19.8 Å². The summed E-state index contributed by atoms with van der Waals surface area (Å²) in [6, 6.07) is 5.65. The summed E-state index contributed by atoms with van der Waals surface area (Å²) in [4.78, 5) is 38.2. The van der Waals surface area contributed by atoms with Crippen molar-refractivity contribution in [2.75, 3.05) is 21.2 Å². The summed E-state index contributed by atoms with van der Waals surface area (Å²) in [5.74, 6) is 1.80. The van der Waals surface area contributed by atoms with E-state index < -0.39 is 0 Å². The van der Waals surface area contributed by atoms with Crippen molar-refractivity contribution in [3.8, 4) is 5.75 Å². The first kappa shape index (κ1) is 26.5. The van der Waals surface area contributed by atoms with Gasteiger partial charge in [0.1, 0.15) is 17.4 Å². The first-order valence-electron chi connectivity index (χ1n) is 12.5. The van der Waals surface area contributed by atoms with Crippen molar-refractivity contribution < 1.29 is 14.3 Å².